The molecule has 5 heteroatoms. The van der Waals surface area contributed by atoms with Crippen LogP contribution in [0.25, 0.3) is 6.08 Å². The van der Waals surface area contributed by atoms with Gasteiger partial charge in [0.25, 0.3) is 0 Å². The molecule has 0 amide bonds. The smallest absolute Gasteiger partial charge is 0.363 e. The van der Waals surface area contributed by atoms with Crippen LogP contribution < -0.4 is 9.47 Å². The number of nitrogens with zero attached hydrogens (tertiary/aromatic N) is 1. The number of carbonyl (C=O) groups is 1. The Hall–Kier alpha value is -3.08. The van der Waals surface area contributed by atoms with Crippen molar-refractivity contribution >= 4 is 17.9 Å². The summed E-state index contributed by atoms with van der Waals surface area (Å²) in [6.45, 7) is 2.52. The first kappa shape index (κ1) is 17.7. The highest BCUT2D eigenvalue weighted by Crippen LogP contribution is 2.21. The van der Waals surface area contributed by atoms with Gasteiger partial charge in [0.15, 0.2) is 11.6 Å². The molecule has 1 heterocycles. The lowest BCUT2D eigenvalue weighted by Crippen LogP contribution is -2.05. The number of cyclic esters (lactones) is 1. The zero-order valence-electron chi connectivity index (χ0n) is 14.9. The Kier molecular flexibility index (Phi) is 5.69. The molecule has 1 aliphatic heterocycles. The minimum absolute atomic E-state index is 0.309. The van der Waals surface area contributed by atoms with E-state index in [-0.39, 0.29) is 0 Å². The lowest BCUT2D eigenvalue weighted by atomic mass is 10.1. The van der Waals surface area contributed by atoms with Gasteiger partial charge in [-0.3, -0.25) is 0 Å². The molecule has 0 radical (unpaired) electrons. The van der Waals surface area contributed by atoms with E-state index in [1.54, 1.807) is 13.2 Å². The topological polar surface area (TPSA) is 57.1 Å². The largest absolute Gasteiger partial charge is 0.497 e. The highest BCUT2D eigenvalue weighted by Gasteiger charge is 2.22. The zero-order valence-corrected chi connectivity index (χ0v) is 14.9. The summed E-state index contributed by atoms with van der Waals surface area (Å²) >= 11 is 0. The van der Waals surface area contributed by atoms with Crippen molar-refractivity contribution in [1.29, 1.82) is 0 Å². The number of carbonyl (C=O) groups excluding carboxylic acids is 1. The number of aliphatic imine (C=N–C) groups is 1. The van der Waals surface area contributed by atoms with Crippen LogP contribution >= 0.6 is 0 Å². The third-order valence-corrected chi connectivity index (χ3v) is 3.92. The molecule has 2 aromatic rings. The highest BCUT2D eigenvalue weighted by atomic mass is 16.6. The van der Waals surface area contributed by atoms with Gasteiger partial charge in [-0.15, -0.1) is 0 Å². The molecule has 0 N–H and O–H groups in total. The van der Waals surface area contributed by atoms with Crippen molar-refractivity contribution in [1.82, 2.24) is 0 Å². The molecule has 0 saturated heterocycles. The number of aryl methyl sites for hydroxylation is 1. The summed E-state index contributed by atoms with van der Waals surface area (Å²) in [6, 6.07) is 15.3. The van der Waals surface area contributed by atoms with E-state index in [9.17, 15) is 4.79 Å². The van der Waals surface area contributed by atoms with Crippen molar-refractivity contribution in [2.75, 3.05) is 13.7 Å². The monoisotopic (exact) mass is 351 g/mol. The van der Waals surface area contributed by atoms with E-state index < -0.39 is 5.97 Å². The number of hydrogen-bond acceptors (Lipinski definition) is 5. The molecule has 5 nitrogen and oxygen atoms in total. The Balaban J connectivity index is 1.67. The molecule has 0 atom stereocenters. The van der Waals surface area contributed by atoms with E-state index in [1.165, 1.54) is 0 Å². The van der Waals surface area contributed by atoms with E-state index in [2.05, 4.69) is 4.99 Å². The summed E-state index contributed by atoms with van der Waals surface area (Å²) < 4.78 is 15.9. The van der Waals surface area contributed by atoms with Crippen molar-refractivity contribution in [3.63, 3.8) is 0 Å². The predicted molar refractivity (Wildman–Crippen MR) is 100 cm³/mol. The number of ether oxygens (including phenoxy) is 3. The fourth-order valence-corrected chi connectivity index (χ4v) is 2.62. The van der Waals surface area contributed by atoms with Crippen LogP contribution in [-0.2, 0) is 16.0 Å². The fourth-order valence-electron chi connectivity index (χ4n) is 2.62. The normalized spacial score (nSPS) is 14.9. The van der Waals surface area contributed by atoms with E-state index in [0.717, 1.165) is 29.0 Å². The second-order valence-electron chi connectivity index (χ2n) is 5.78. The van der Waals surface area contributed by atoms with Crippen LogP contribution in [0, 0.1) is 0 Å². The van der Waals surface area contributed by atoms with Gasteiger partial charge >= 0.3 is 5.97 Å². The summed E-state index contributed by atoms with van der Waals surface area (Å²) in [5.41, 5.74) is 2.29. The standard InChI is InChI=1S/C21H21NO4/c1-3-25-18-6-4-5-16(13-18)14-19-21(23)26-20(22-19)12-9-15-7-10-17(24-2)11-8-15/h4-8,10-11,13-14H,3,9,12H2,1-2H3/b19-14+. The Morgan fingerprint density at radius 1 is 1.08 bits per heavy atom. The Morgan fingerprint density at radius 2 is 1.88 bits per heavy atom. The molecule has 0 saturated carbocycles. The summed E-state index contributed by atoms with van der Waals surface area (Å²) in [7, 11) is 1.64. The fraction of sp³-hybridized carbons (Fsp3) is 0.238. The van der Waals surface area contributed by atoms with Gasteiger partial charge in [-0.1, -0.05) is 24.3 Å². The van der Waals surface area contributed by atoms with Crippen molar-refractivity contribution in [3.05, 3.63) is 65.4 Å². The maximum Gasteiger partial charge on any atom is 0.363 e. The molecule has 0 aromatic heterocycles. The minimum Gasteiger partial charge on any atom is -0.497 e. The number of methoxy groups -OCH3 is 1. The van der Waals surface area contributed by atoms with E-state index in [1.807, 2.05) is 55.5 Å². The molecular formula is C21H21NO4. The minimum atomic E-state index is -0.420. The van der Waals surface area contributed by atoms with Crippen LogP contribution in [0.5, 0.6) is 11.5 Å². The lowest BCUT2D eigenvalue weighted by molar-refractivity contribution is -0.130. The van der Waals surface area contributed by atoms with Crippen LogP contribution in [0.3, 0.4) is 0 Å². The molecule has 1 aliphatic rings. The highest BCUT2D eigenvalue weighted by molar-refractivity contribution is 6.07. The number of benzene rings is 2. The molecular weight excluding hydrogens is 330 g/mol. The van der Waals surface area contributed by atoms with Gasteiger partial charge in [-0.05, 0) is 54.8 Å². The molecule has 0 bridgehead atoms. The molecule has 0 fully saturated rings. The Bertz CT molecular complexity index is 837. The second kappa shape index (κ2) is 8.34. The summed E-state index contributed by atoms with van der Waals surface area (Å²) in [5, 5.41) is 0. The first-order chi connectivity index (χ1) is 12.7. The van der Waals surface area contributed by atoms with Gasteiger partial charge in [-0.2, -0.15) is 0 Å². The maximum atomic E-state index is 12.0. The van der Waals surface area contributed by atoms with Crippen molar-refractivity contribution in [3.8, 4) is 11.5 Å². The number of hydrogen-bond donors (Lipinski definition) is 0. The van der Waals surface area contributed by atoms with Crippen LogP contribution in [0.1, 0.15) is 24.5 Å². The van der Waals surface area contributed by atoms with Crippen molar-refractivity contribution in [2.45, 2.75) is 19.8 Å². The van der Waals surface area contributed by atoms with Crippen LogP contribution in [0.4, 0.5) is 0 Å². The molecule has 26 heavy (non-hydrogen) atoms. The molecule has 0 aliphatic carbocycles. The maximum absolute atomic E-state index is 12.0. The molecule has 0 unspecified atom stereocenters. The van der Waals surface area contributed by atoms with Gasteiger partial charge < -0.3 is 14.2 Å². The van der Waals surface area contributed by atoms with Gasteiger partial charge in [0.1, 0.15) is 11.5 Å². The van der Waals surface area contributed by atoms with E-state index >= 15 is 0 Å². The first-order valence-electron chi connectivity index (χ1n) is 8.55. The Morgan fingerprint density at radius 3 is 2.62 bits per heavy atom. The number of esters is 1. The van der Waals surface area contributed by atoms with Crippen molar-refractivity contribution in [2.24, 2.45) is 4.99 Å². The molecule has 3 rings (SSSR count). The average Bonchev–Trinajstić information content (AvgIpc) is 3.00. The molecule has 0 spiro atoms. The predicted octanol–water partition coefficient (Wildman–Crippen LogP) is 4.02. The third kappa shape index (κ3) is 4.51. The van der Waals surface area contributed by atoms with Crippen molar-refractivity contribution < 1.29 is 19.0 Å². The summed E-state index contributed by atoms with van der Waals surface area (Å²) in [5.74, 6) is 1.60. The Labute approximate surface area is 152 Å². The zero-order chi connectivity index (χ0) is 18.4. The lowest BCUT2D eigenvalue weighted by Gasteiger charge is -2.03. The first-order valence-corrected chi connectivity index (χ1v) is 8.55. The average molecular weight is 351 g/mol. The quantitative estimate of drug-likeness (QED) is 0.558. The summed E-state index contributed by atoms with van der Waals surface area (Å²) in [6.07, 6.45) is 3.02. The second-order valence-corrected chi connectivity index (χ2v) is 5.78. The third-order valence-electron chi connectivity index (χ3n) is 3.92. The van der Waals surface area contributed by atoms with Gasteiger partial charge in [0, 0.05) is 6.42 Å². The van der Waals surface area contributed by atoms with Crippen LogP contribution in [0.2, 0.25) is 0 Å². The number of rotatable bonds is 7. The van der Waals surface area contributed by atoms with Gasteiger partial charge in [0.05, 0.1) is 13.7 Å². The molecule has 134 valence electrons. The SMILES string of the molecule is CCOc1cccc(/C=C2/N=C(CCc3ccc(OC)cc3)OC2=O)c1. The van der Waals surface area contributed by atoms with E-state index in [4.69, 9.17) is 14.2 Å². The molecule has 2 aromatic carbocycles. The van der Waals surface area contributed by atoms with E-state index in [0.29, 0.717) is 24.6 Å². The van der Waals surface area contributed by atoms with Gasteiger partial charge in [-0.25, -0.2) is 9.79 Å². The van der Waals surface area contributed by atoms with Crippen LogP contribution in [0.15, 0.2) is 59.2 Å². The van der Waals surface area contributed by atoms with Crippen LogP contribution in [-0.4, -0.2) is 25.6 Å². The summed E-state index contributed by atoms with van der Waals surface area (Å²) in [4.78, 5) is 16.4. The van der Waals surface area contributed by atoms with Gasteiger partial charge in [0.2, 0.25) is 0 Å².